The Hall–Kier alpha value is -2.35. The molecule has 0 aliphatic carbocycles. The molecular formula is C9H7BN4O2. The van der Waals surface area contributed by atoms with Gasteiger partial charge in [-0.3, -0.25) is 5.43 Å². The summed E-state index contributed by atoms with van der Waals surface area (Å²) in [5.74, 6) is 0. The molecule has 1 aromatic carbocycles. The largest absolute Gasteiger partial charge is 0.488 e. The lowest BCUT2D eigenvalue weighted by atomic mass is 9.80. The van der Waals surface area contributed by atoms with Crippen LogP contribution in [0.3, 0.4) is 0 Å². The summed E-state index contributed by atoms with van der Waals surface area (Å²) in [6, 6.07) is 9.34. The highest BCUT2D eigenvalue weighted by Gasteiger charge is 2.10. The van der Waals surface area contributed by atoms with E-state index in [9.17, 15) is 0 Å². The van der Waals surface area contributed by atoms with Gasteiger partial charge in [-0.25, -0.2) is 0 Å². The van der Waals surface area contributed by atoms with Gasteiger partial charge in [-0.1, -0.05) is 12.1 Å². The molecule has 0 aromatic heterocycles. The normalized spacial score (nSPS) is 8.50. The van der Waals surface area contributed by atoms with E-state index < -0.39 is 7.12 Å². The molecule has 0 spiro atoms. The standard InChI is InChI=1S/C9H7BN4O2/c11-5-9(6-12)14-13-8-3-1-2-7(4-8)10(15)16/h1-4,13,15-16H. The number of nitriles is 2. The van der Waals surface area contributed by atoms with Crippen molar-refractivity contribution < 1.29 is 10.0 Å². The van der Waals surface area contributed by atoms with E-state index in [4.69, 9.17) is 20.6 Å². The molecule has 3 N–H and O–H groups in total. The molecule has 1 rings (SSSR count). The lowest BCUT2D eigenvalue weighted by Gasteiger charge is -2.03. The number of hydrazone groups is 1. The molecule has 1 aromatic rings. The molecule has 0 aliphatic rings. The van der Waals surface area contributed by atoms with Crippen molar-refractivity contribution in [2.45, 2.75) is 0 Å². The fraction of sp³-hybridized carbons (Fsp3) is 0. The Morgan fingerprint density at radius 3 is 2.56 bits per heavy atom. The molecule has 0 heterocycles. The zero-order valence-corrected chi connectivity index (χ0v) is 8.12. The van der Waals surface area contributed by atoms with Crippen molar-refractivity contribution in [3.63, 3.8) is 0 Å². The third-order valence-corrected chi connectivity index (χ3v) is 1.69. The van der Waals surface area contributed by atoms with E-state index in [-0.39, 0.29) is 11.2 Å². The Morgan fingerprint density at radius 2 is 2.00 bits per heavy atom. The zero-order chi connectivity index (χ0) is 12.0. The summed E-state index contributed by atoms with van der Waals surface area (Å²) in [5, 5.41) is 38.2. The monoisotopic (exact) mass is 214 g/mol. The predicted molar refractivity (Wildman–Crippen MR) is 58.6 cm³/mol. The van der Waals surface area contributed by atoms with E-state index in [0.717, 1.165) is 0 Å². The minimum atomic E-state index is -1.57. The van der Waals surface area contributed by atoms with E-state index in [1.54, 1.807) is 24.3 Å². The number of benzene rings is 1. The highest BCUT2D eigenvalue weighted by molar-refractivity contribution is 6.58. The molecule has 0 saturated carbocycles. The van der Waals surface area contributed by atoms with Crippen molar-refractivity contribution in [1.82, 2.24) is 0 Å². The van der Waals surface area contributed by atoms with Crippen LogP contribution in [0, 0.1) is 22.7 Å². The molecular weight excluding hydrogens is 207 g/mol. The molecule has 0 radical (unpaired) electrons. The van der Waals surface area contributed by atoms with Gasteiger partial charge in [0.25, 0.3) is 0 Å². The van der Waals surface area contributed by atoms with E-state index in [0.29, 0.717) is 5.69 Å². The lowest BCUT2D eigenvalue weighted by molar-refractivity contribution is 0.426. The van der Waals surface area contributed by atoms with E-state index in [1.165, 1.54) is 12.1 Å². The molecule has 0 aliphatic heterocycles. The first-order valence-corrected chi connectivity index (χ1v) is 4.27. The first-order valence-electron chi connectivity index (χ1n) is 4.27. The number of rotatable bonds is 3. The SMILES string of the molecule is N#CC(C#N)=NNc1cccc(B(O)O)c1. The summed E-state index contributed by atoms with van der Waals surface area (Å²) in [6.07, 6.45) is 0. The van der Waals surface area contributed by atoms with Crippen LogP contribution in [0.25, 0.3) is 0 Å². The first-order chi connectivity index (χ1) is 7.67. The number of nitrogens with zero attached hydrogens (tertiary/aromatic N) is 3. The second-order valence-electron chi connectivity index (χ2n) is 2.79. The Labute approximate surface area is 92.2 Å². The van der Waals surface area contributed by atoms with Gasteiger partial charge in [0.2, 0.25) is 5.71 Å². The minimum absolute atomic E-state index is 0.288. The molecule has 16 heavy (non-hydrogen) atoms. The average molecular weight is 214 g/mol. The predicted octanol–water partition coefficient (Wildman–Crippen LogP) is -0.819. The molecule has 0 bridgehead atoms. The van der Waals surface area contributed by atoms with Gasteiger partial charge in [-0.2, -0.15) is 15.6 Å². The Bertz CT molecular complexity index is 471. The molecule has 0 amide bonds. The summed E-state index contributed by atoms with van der Waals surface area (Å²) < 4.78 is 0. The van der Waals surface area contributed by atoms with Crippen LogP contribution in [0.4, 0.5) is 5.69 Å². The summed E-state index contributed by atoms with van der Waals surface area (Å²) >= 11 is 0. The molecule has 6 nitrogen and oxygen atoms in total. The highest BCUT2D eigenvalue weighted by atomic mass is 16.4. The second kappa shape index (κ2) is 5.52. The van der Waals surface area contributed by atoms with Crippen LogP contribution in [0.1, 0.15) is 0 Å². The van der Waals surface area contributed by atoms with Gasteiger partial charge in [0.1, 0.15) is 12.1 Å². The van der Waals surface area contributed by atoms with Crippen LogP contribution in [-0.4, -0.2) is 22.9 Å². The van der Waals surface area contributed by atoms with E-state index >= 15 is 0 Å². The van der Waals surface area contributed by atoms with Crippen molar-refractivity contribution in [2.75, 3.05) is 5.43 Å². The molecule has 78 valence electrons. The van der Waals surface area contributed by atoms with Crippen molar-refractivity contribution in [3.05, 3.63) is 24.3 Å². The van der Waals surface area contributed by atoms with Crippen LogP contribution in [0.15, 0.2) is 29.4 Å². The van der Waals surface area contributed by atoms with Crippen LogP contribution in [-0.2, 0) is 0 Å². The van der Waals surface area contributed by atoms with Crippen molar-refractivity contribution >= 4 is 24.0 Å². The van der Waals surface area contributed by atoms with Crippen LogP contribution in [0.2, 0.25) is 0 Å². The second-order valence-corrected chi connectivity index (χ2v) is 2.79. The number of hydrogen-bond donors (Lipinski definition) is 3. The number of anilines is 1. The van der Waals surface area contributed by atoms with Crippen molar-refractivity contribution in [2.24, 2.45) is 5.10 Å². The molecule has 0 fully saturated rings. The first kappa shape index (κ1) is 11.7. The van der Waals surface area contributed by atoms with E-state index in [2.05, 4.69) is 10.5 Å². The van der Waals surface area contributed by atoms with Gasteiger partial charge in [0.05, 0.1) is 5.69 Å². The maximum Gasteiger partial charge on any atom is 0.488 e. The number of hydrogen-bond acceptors (Lipinski definition) is 6. The summed E-state index contributed by atoms with van der Waals surface area (Å²) in [5.41, 5.74) is 2.89. The minimum Gasteiger partial charge on any atom is -0.423 e. The van der Waals surface area contributed by atoms with Gasteiger partial charge < -0.3 is 10.0 Å². The topological polar surface area (TPSA) is 112 Å². The Morgan fingerprint density at radius 1 is 1.31 bits per heavy atom. The Kier molecular flexibility index (Phi) is 4.04. The molecule has 7 heteroatoms. The molecule has 0 saturated heterocycles. The fourth-order valence-electron chi connectivity index (χ4n) is 0.964. The molecule has 0 unspecified atom stereocenters. The van der Waals surface area contributed by atoms with Gasteiger partial charge >= 0.3 is 7.12 Å². The van der Waals surface area contributed by atoms with Gasteiger partial charge in [0, 0.05) is 0 Å². The maximum absolute atomic E-state index is 8.91. The van der Waals surface area contributed by atoms with E-state index in [1.807, 2.05) is 0 Å². The zero-order valence-electron chi connectivity index (χ0n) is 8.12. The summed E-state index contributed by atoms with van der Waals surface area (Å²) in [6.45, 7) is 0. The summed E-state index contributed by atoms with van der Waals surface area (Å²) in [7, 11) is -1.57. The van der Waals surface area contributed by atoms with Crippen molar-refractivity contribution in [1.29, 1.82) is 10.5 Å². The van der Waals surface area contributed by atoms with Crippen LogP contribution >= 0.6 is 0 Å². The van der Waals surface area contributed by atoms with Gasteiger partial charge in [-0.05, 0) is 17.6 Å². The average Bonchev–Trinajstić information content (AvgIpc) is 2.31. The Balaban J connectivity index is 2.84. The number of nitrogens with one attached hydrogen (secondary N) is 1. The van der Waals surface area contributed by atoms with Gasteiger partial charge in [-0.15, -0.1) is 0 Å². The smallest absolute Gasteiger partial charge is 0.423 e. The van der Waals surface area contributed by atoms with Crippen LogP contribution < -0.4 is 10.9 Å². The highest BCUT2D eigenvalue weighted by Crippen LogP contribution is 2.03. The summed E-state index contributed by atoms with van der Waals surface area (Å²) in [4.78, 5) is 0. The fourth-order valence-corrected chi connectivity index (χ4v) is 0.964. The van der Waals surface area contributed by atoms with Crippen LogP contribution in [0.5, 0.6) is 0 Å². The maximum atomic E-state index is 8.91. The third kappa shape index (κ3) is 3.10. The lowest BCUT2D eigenvalue weighted by Crippen LogP contribution is -2.29. The van der Waals surface area contributed by atoms with Gasteiger partial charge in [0.15, 0.2) is 0 Å². The van der Waals surface area contributed by atoms with Crippen molar-refractivity contribution in [3.8, 4) is 12.1 Å². The molecule has 0 atom stereocenters. The quantitative estimate of drug-likeness (QED) is 0.345. The third-order valence-electron chi connectivity index (χ3n) is 1.69.